The van der Waals surface area contributed by atoms with Gasteiger partial charge in [-0.3, -0.25) is 4.98 Å². The molecule has 2 aromatic rings. The highest BCUT2D eigenvalue weighted by atomic mass is 32.2. The molecule has 0 amide bonds. The van der Waals surface area contributed by atoms with Gasteiger partial charge in [0.1, 0.15) is 5.75 Å². The number of hydrogen-bond acceptors (Lipinski definition) is 4. The number of rotatable bonds is 4. The van der Waals surface area contributed by atoms with Gasteiger partial charge in [-0.1, -0.05) is 11.8 Å². The summed E-state index contributed by atoms with van der Waals surface area (Å²) >= 11 is 1.68. The summed E-state index contributed by atoms with van der Waals surface area (Å²) in [6.45, 7) is 4.06. The molecule has 0 bridgehead atoms. The smallest absolute Gasteiger partial charge is 0.168 e. The van der Waals surface area contributed by atoms with Crippen molar-refractivity contribution in [3.05, 3.63) is 35.4 Å². The molecule has 2 aromatic heterocycles. The standard InChI is InChI=1S/C13H17N3OS/c1-9-7-15-11(10(2)12(9)17-4)8-18-13-14-5-6-16(13)3/h5-7H,8H2,1-4H3. The monoisotopic (exact) mass is 263 g/mol. The van der Waals surface area contributed by atoms with Crippen LogP contribution in [0.25, 0.3) is 0 Å². The summed E-state index contributed by atoms with van der Waals surface area (Å²) in [7, 11) is 3.69. The zero-order valence-electron chi connectivity index (χ0n) is 11.1. The number of nitrogens with zero attached hydrogens (tertiary/aromatic N) is 3. The average Bonchev–Trinajstić information content (AvgIpc) is 2.75. The molecular weight excluding hydrogens is 246 g/mol. The highest BCUT2D eigenvalue weighted by Crippen LogP contribution is 2.28. The molecule has 0 N–H and O–H groups in total. The molecule has 5 heteroatoms. The summed E-state index contributed by atoms with van der Waals surface area (Å²) in [5.74, 6) is 1.73. The lowest BCUT2D eigenvalue weighted by molar-refractivity contribution is 0.407. The zero-order valence-corrected chi connectivity index (χ0v) is 11.9. The third kappa shape index (κ3) is 2.51. The number of methoxy groups -OCH3 is 1. The van der Waals surface area contributed by atoms with E-state index < -0.39 is 0 Å². The van der Waals surface area contributed by atoms with Crippen LogP contribution in [0, 0.1) is 13.8 Å². The second-order valence-electron chi connectivity index (χ2n) is 4.16. The minimum Gasteiger partial charge on any atom is -0.496 e. The highest BCUT2D eigenvalue weighted by molar-refractivity contribution is 7.98. The summed E-state index contributed by atoms with van der Waals surface area (Å²) in [5.41, 5.74) is 3.23. The number of pyridine rings is 1. The molecule has 0 radical (unpaired) electrons. The van der Waals surface area contributed by atoms with Crippen molar-refractivity contribution in [3.63, 3.8) is 0 Å². The van der Waals surface area contributed by atoms with Crippen LogP contribution in [-0.2, 0) is 12.8 Å². The molecule has 2 heterocycles. The highest BCUT2D eigenvalue weighted by Gasteiger charge is 2.10. The summed E-state index contributed by atoms with van der Waals surface area (Å²) < 4.78 is 7.41. The molecule has 0 aliphatic heterocycles. The van der Waals surface area contributed by atoms with Crippen molar-refractivity contribution in [2.24, 2.45) is 7.05 Å². The lowest BCUT2D eigenvalue weighted by Gasteiger charge is -2.11. The van der Waals surface area contributed by atoms with Gasteiger partial charge in [0.05, 0.1) is 12.8 Å². The average molecular weight is 263 g/mol. The molecule has 0 unspecified atom stereocenters. The van der Waals surface area contributed by atoms with Crippen molar-refractivity contribution in [1.82, 2.24) is 14.5 Å². The Morgan fingerprint density at radius 1 is 1.33 bits per heavy atom. The van der Waals surface area contributed by atoms with Gasteiger partial charge in [0.25, 0.3) is 0 Å². The Morgan fingerprint density at radius 2 is 2.11 bits per heavy atom. The van der Waals surface area contributed by atoms with E-state index in [0.717, 1.165) is 33.5 Å². The molecule has 0 aliphatic carbocycles. The fourth-order valence-electron chi connectivity index (χ4n) is 1.84. The predicted molar refractivity (Wildman–Crippen MR) is 73.0 cm³/mol. The molecule has 0 saturated carbocycles. The van der Waals surface area contributed by atoms with E-state index in [0.29, 0.717) is 0 Å². The van der Waals surface area contributed by atoms with E-state index in [1.54, 1.807) is 25.1 Å². The van der Waals surface area contributed by atoms with Crippen LogP contribution in [-0.4, -0.2) is 21.6 Å². The second kappa shape index (κ2) is 5.44. The van der Waals surface area contributed by atoms with Gasteiger partial charge in [-0.15, -0.1) is 0 Å². The predicted octanol–water partition coefficient (Wildman–Crippen LogP) is 2.73. The first kappa shape index (κ1) is 13.0. The number of aryl methyl sites for hydroxylation is 2. The Hall–Kier alpha value is -1.49. The van der Waals surface area contributed by atoms with E-state index >= 15 is 0 Å². The van der Waals surface area contributed by atoms with Gasteiger partial charge in [-0.25, -0.2) is 4.98 Å². The molecule has 0 fully saturated rings. The maximum atomic E-state index is 5.41. The summed E-state index contributed by atoms with van der Waals surface area (Å²) in [4.78, 5) is 8.77. The van der Waals surface area contributed by atoms with Gasteiger partial charge in [0.15, 0.2) is 5.16 Å². The third-order valence-corrected chi connectivity index (χ3v) is 3.93. The van der Waals surface area contributed by atoms with Crippen LogP contribution in [0.4, 0.5) is 0 Å². The van der Waals surface area contributed by atoms with Crippen molar-refractivity contribution in [3.8, 4) is 5.75 Å². The van der Waals surface area contributed by atoms with Crippen molar-refractivity contribution in [2.45, 2.75) is 24.8 Å². The van der Waals surface area contributed by atoms with Crippen LogP contribution in [0.5, 0.6) is 5.75 Å². The lowest BCUT2D eigenvalue weighted by atomic mass is 10.1. The van der Waals surface area contributed by atoms with Crippen LogP contribution >= 0.6 is 11.8 Å². The summed E-state index contributed by atoms with van der Waals surface area (Å²) in [5, 5.41) is 0.996. The number of thioether (sulfide) groups is 1. The molecule has 18 heavy (non-hydrogen) atoms. The first-order chi connectivity index (χ1) is 8.63. The quantitative estimate of drug-likeness (QED) is 0.795. The fraction of sp³-hybridized carbons (Fsp3) is 0.385. The fourth-order valence-corrected chi connectivity index (χ4v) is 2.80. The van der Waals surface area contributed by atoms with Gasteiger partial charge in [0.2, 0.25) is 0 Å². The first-order valence-electron chi connectivity index (χ1n) is 5.72. The molecule has 2 rings (SSSR count). The Labute approximate surface area is 111 Å². The number of imidazole rings is 1. The lowest BCUT2D eigenvalue weighted by Crippen LogP contribution is -1.99. The minimum absolute atomic E-state index is 0.799. The molecule has 0 atom stereocenters. The van der Waals surface area contributed by atoms with E-state index in [1.165, 1.54) is 0 Å². The topological polar surface area (TPSA) is 39.9 Å². The molecule has 0 spiro atoms. The number of ether oxygens (including phenoxy) is 1. The minimum atomic E-state index is 0.799. The normalized spacial score (nSPS) is 10.7. The summed E-state index contributed by atoms with van der Waals surface area (Å²) in [6.07, 6.45) is 5.61. The van der Waals surface area contributed by atoms with E-state index in [9.17, 15) is 0 Å². The zero-order chi connectivity index (χ0) is 13.1. The third-order valence-electron chi connectivity index (χ3n) is 2.86. The van der Waals surface area contributed by atoms with Crippen molar-refractivity contribution in [1.29, 1.82) is 0 Å². The second-order valence-corrected chi connectivity index (χ2v) is 5.10. The van der Waals surface area contributed by atoms with Crippen LogP contribution in [0.15, 0.2) is 23.7 Å². The number of aromatic nitrogens is 3. The van der Waals surface area contributed by atoms with Gasteiger partial charge < -0.3 is 9.30 Å². The Balaban J connectivity index is 2.18. The van der Waals surface area contributed by atoms with E-state index in [4.69, 9.17) is 4.74 Å². The van der Waals surface area contributed by atoms with Gasteiger partial charge in [-0.05, 0) is 13.8 Å². The summed E-state index contributed by atoms with van der Waals surface area (Å²) in [6, 6.07) is 0. The van der Waals surface area contributed by atoms with Crippen LogP contribution in [0.1, 0.15) is 16.8 Å². The van der Waals surface area contributed by atoms with Crippen molar-refractivity contribution in [2.75, 3.05) is 7.11 Å². The SMILES string of the molecule is COc1c(C)cnc(CSc2nccn2C)c1C. The van der Waals surface area contributed by atoms with Gasteiger partial charge in [0, 0.05) is 42.5 Å². The maximum absolute atomic E-state index is 5.41. The van der Waals surface area contributed by atoms with E-state index in [2.05, 4.69) is 9.97 Å². The Bertz CT molecular complexity index is 551. The van der Waals surface area contributed by atoms with Crippen LogP contribution in [0.3, 0.4) is 0 Å². The molecular formula is C13H17N3OS. The number of hydrogen-bond donors (Lipinski definition) is 0. The van der Waals surface area contributed by atoms with Crippen molar-refractivity contribution < 1.29 is 4.74 Å². The van der Waals surface area contributed by atoms with Gasteiger partial charge in [-0.2, -0.15) is 0 Å². The van der Waals surface area contributed by atoms with E-state index in [1.807, 2.05) is 37.9 Å². The van der Waals surface area contributed by atoms with Crippen LogP contribution < -0.4 is 4.74 Å². The maximum Gasteiger partial charge on any atom is 0.168 e. The molecule has 0 aliphatic rings. The molecule has 96 valence electrons. The molecule has 4 nitrogen and oxygen atoms in total. The van der Waals surface area contributed by atoms with Gasteiger partial charge >= 0.3 is 0 Å². The molecule has 0 saturated heterocycles. The van der Waals surface area contributed by atoms with E-state index in [-0.39, 0.29) is 0 Å². The molecule has 0 aromatic carbocycles. The first-order valence-corrected chi connectivity index (χ1v) is 6.71. The van der Waals surface area contributed by atoms with Crippen molar-refractivity contribution >= 4 is 11.8 Å². The Morgan fingerprint density at radius 3 is 2.72 bits per heavy atom. The van der Waals surface area contributed by atoms with Crippen LogP contribution in [0.2, 0.25) is 0 Å². The largest absolute Gasteiger partial charge is 0.496 e. The Kier molecular flexibility index (Phi) is 3.91.